The zero-order valence-electron chi connectivity index (χ0n) is 13.5. The van der Waals surface area contributed by atoms with Crippen LogP contribution < -0.4 is 11.1 Å². The van der Waals surface area contributed by atoms with Crippen LogP contribution in [0.4, 0.5) is 0 Å². The molecule has 3 N–H and O–H groups in total. The summed E-state index contributed by atoms with van der Waals surface area (Å²) in [6.07, 6.45) is 2.46. The van der Waals surface area contributed by atoms with E-state index in [2.05, 4.69) is 44.8 Å². The van der Waals surface area contributed by atoms with Crippen LogP contribution >= 0.6 is 0 Å². The first-order valence-electron chi connectivity index (χ1n) is 7.56. The molecule has 4 heteroatoms. The first kappa shape index (κ1) is 18.4. The van der Waals surface area contributed by atoms with Gasteiger partial charge in [-0.1, -0.05) is 27.7 Å². The van der Waals surface area contributed by atoms with Crippen LogP contribution in [0.25, 0.3) is 0 Å². The van der Waals surface area contributed by atoms with Crippen molar-refractivity contribution in [2.45, 2.75) is 59.9 Å². The average molecular weight is 271 g/mol. The van der Waals surface area contributed by atoms with E-state index in [1.807, 2.05) is 0 Å². The van der Waals surface area contributed by atoms with Gasteiger partial charge in [0.05, 0.1) is 0 Å². The lowest BCUT2D eigenvalue weighted by Gasteiger charge is -2.25. The molecule has 0 aliphatic rings. The summed E-state index contributed by atoms with van der Waals surface area (Å²) in [6, 6.07) is 0.213. The Morgan fingerprint density at radius 1 is 1.26 bits per heavy atom. The van der Waals surface area contributed by atoms with E-state index in [1.165, 1.54) is 0 Å². The van der Waals surface area contributed by atoms with Crippen LogP contribution in [-0.2, 0) is 4.79 Å². The van der Waals surface area contributed by atoms with Gasteiger partial charge in [-0.3, -0.25) is 4.79 Å². The third-order valence-electron chi connectivity index (χ3n) is 3.68. The van der Waals surface area contributed by atoms with Gasteiger partial charge in [-0.2, -0.15) is 0 Å². The summed E-state index contributed by atoms with van der Waals surface area (Å²) in [6.45, 7) is 14.4. The van der Waals surface area contributed by atoms with Crippen molar-refractivity contribution in [2.75, 3.05) is 26.2 Å². The van der Waals surface area contributed by atoms with E-state index >= 15 is 0 Å². The molecule has 4 nitrogen and oxygen atoms in total. The maximum atomic E-state index is 11.9. The van der Waals surface area contributed by atoms with Crippen LogP contribution in [0.1, 0.15) is 53.9 Å². The second kappa shape index (κ2) is 9.32. The van der Waals surface area contributed by atoms with E-state index < -0.39 is 0 Å². The fourth-order valence-electron chi connectivity index (χ4n) is 2.23. The number of nitrogens with two attached hydrogens (primary N) is 1. The Morgan fingerprint density at radius 3 is 2.32 bits per heavy atom. The smallest absolute Gasteiger partial charge is 0.220 e. The largest absolute Gasteiger partial charge is 0.352 e. The number of likely N-dealkylation sites (N-methyl/N-ethyl adjacent to an activating group) is 1. The predicted molar refractivity (Wildman–Crippen MR) is 82.1 cm³/mol. The highest BCUT2D eigenvalue weighted by atomic mass is 16.1. The van der Waals surface area contributed by atoms with Crippen molar-refractivity contribution in [1.82, 2.24) is 10.2 Å². The maximum absolute atomic E-state index is 11.9. The molecule has 1 amide bonds. The highest BCUT2D eigenvalue weighted by Crippen LogP contribution is 2.25. The van der Waals surface area contributed by atoms with Gasteiger partial charge in [0.25, 0.3) is 0 Å². The molecule has 0 saturated carbocycles. The number of hydrogen-bond donors (Lipinski definition) is 2. The van der Waals surface area contributed by atoms with Crippen LogP contribution in [0.3, 0.4) is 0 Å². The Balaban J connectivity index is 3.97. The van der Waals surface area contributed by atoms with Crippen LogP contribution in [0.5, 0.6) is 0 Å². The fraction of sp³-hybridized carbons (Fsp3) is 0.933. The molecule has 0 spiro atoms. The van der Waals surface area contributed by atoms with Crippen LogP contribution in [0, 0.1) is 5.41 Å². The Labute approximate surface area is 119 Å². The van der Waals surface area contributed by atoms with Gasteiger partial charge in [0.2, 0.25) is 5.91 Å². The second-order valence-electron chi connectivity index (χ2n) is 6.16. The molecule has 0 saturated heterocycles. The minimum absolute atomic E-state index is 0.157. The third kappa shape index (κ3) is 9.00. The summed E-state index contributed by atoms with van der Waals surface area (Å²) >= 11 is 0. The number of nitrogens with zero attached hydrogens (tertiary/aromatic N) is 1. The number of amides is 1. The van der Waals surface area contributed by atoms with Gasteiger partial charge in [0.1, 0.15) is 0 Å². The lowest BCUT2D eigenvalue weighted by Crippen LogP contribution is -2.42. The number of carbonyl (C=O) groups is 1. The van der Waals surface area contributed by atoms with E-state index in [0.29, 0.717) is 13.0 Å². The molecule has 0 aromatic heterocycles. The van der Waals surface area contributed by atoms with Gasteiger partial charge >= 0.3 is 0 Å². The maximum Gasteiger partial charge on any atom is 0.220 e. The van der Waals surface area contributed by atoms with Gasteiger partial charge in [-0.25, -0.2) is 0 Å². The molecular formula is C15H33N3O. The van der Waals surface area contributed by atoms with Crippen molar-refractivity contribution in [1.29, 1.82) is 0 Å². The molecule has 1 atom stereocenters. The summed E-state index contributed by atoms with van der Waals surface area (Å²) < 4.78 is 0. The quantitative estimate of drug-likeness (QED) is 0.639. The minimum atomic E-state index is 0.157. The van der Waals surface area contributed by atoms with E-state index in [9.17, 15) is 4.79 Å². The van der Waals surface area contributed by atoms with Crippen LogP contribution in [-0.4, -0.2) is 43.0 Å². The Bertz CT molecular complexity index is 250. The molecule has 0 aliphatic heterocycles. The zero-order chi connectivity index (χ0) is 14.9. The van der Waals surface area contributed by atoms with Gasteiger partial charge in [0.15, 0.2) is 0 Å². The number of hydrogen-bond acceptors (Lipinski definition) is 3. The van der Waals surface area contributed by atoms with Crippen molar-refractivity contribution in [3.05, 3.63) is 0 Å². The van der Waals surface area contributed by atoms with E-state index in [-0.39, 0.29) is 17.4 Å². The van der Waals surface area contributed by atoms with Crippen LogP contribution in [0.2, 0.25) is 0 Å². The molecule has 0 bridgehead atoms. The Morgan fingerprint density at radius 2 is 1.84 bits per heavy atom. The Kier molecular flexibility index (Phi) is 9.02. The van der Waals surface area contributed by atoms with Crippen molar-refractivity contribution in [3.8, 4) is 0 Å². The molecule has 0 fully saturated rings. The molecule has 1 unspecified atom stereocenters. The first-order valence-corrected chi connectivity index (χ1v) is 7.56. The topological polar surface area (TPSA) is 58.4 Å². The molecule has 114 valence electrons. The molecule has 0 aliphatic carbocycles. The van der Waals surface area contributed by atoms with Crippen molar-refractivity contribution >= 4 is 5.91 Å². The third-order valence-corrected chi connectivity index (χ3v) is 3.68. The molecule has 0 aromatic rings. The molecular weight excluding hydrogens is 238 g/mol. The first-order chi connectivity index (χ1) is 8.84. The highest BCUT2D eigenvalue weighted by molar-refractivity contribution is 5.76. The lowest BCUT2D eigenvalue weighted by molar-refractivity contribution is -0.122. The molecule has 0 heterocycles. The fourth-order valence-corrected chi connectivity index (χ4v) is 2.23. The number of nitrogens with one attached hydrogen (secondary N) is 1. The lowest BCUT2D eigenvalue weighted by atomic mass is 9.84. The van der Waals surface area contributed by atoms with Gasteiger partial charge < -0.3 is 16.0 Å². The van der Waals surface area contributed by atoms with Crippen molar-refractivity contribution in [2.24, 2.45) is 11.1 Å². The number of rotatable bonds is 10. The van der Waals surface area contributed by atoms with Gasteiger partial charge in [-0.05, 0) is 44.8 Å². The molecule has 0 radical (unpaired) electrons. The SMILES string of the molecule is CCN(CC)CC(C)NC(=O)CCC(C)(C)CCN. The molecule has 19 heavy (non-hydrogen) atoms. The van der Waals surface area contributed by atoms with E-state index in [0.717, 1.165) is 32.5 Å². The van der Waals surface area contributed by atoms with Crippen molar-refractivity contribution in [3.63, 3.8) is 0 Å². The predicted octanol–water partition coefficient (Wildman–Crippen LogP) is 1.99. The van der Waals surface area contributed by atoms with Gasteiger partial charge in [-0.15, -0.1) is 0 Å². The summed E-state index contributed by atoms with van der Waals surface area (Å²) in [4.78, 5) is 14.2. The van der Waals surface area contributed by atoms with E-state index in [1.54, 1.807) is 0 Å². The summed E-state index contributed by atoms with van der Waals surface area (Å²) in [5.74, 6) is 0.157. The molecule has 0 rings (SSSR count). The van der Waals surface area contributed by atoms with Crippen LogP contribution in [0.15, 0.2) is 0 Å². The summed E-state index contributed by atoms with van der Waals surface area (Å²) in [5, 5.41) is 3.08. The summed E-state index contributed by atoms with van der Waals surface area (Å²) in [7, 11) is 0. The van der Waals surface area contributed by atoms with E-state index in [4.69, 9.17) is 5.73 Å². The zero-order valence-corrected chi connectivity index (χ0v) is 13.5. The summed E-state index contributed by atoms with van der Waals surface area (Å²) in [5.41, 5.74) is 5.74. The van der Waals surface area contributed by atoms with Gasteiger partial charge in [0, 0.05) is 19.0 Å². The normalized spacial score (nSPS) is 13.6. The Hall–Kier alpha value is -0.610. The van der Waals surface area contributed by atoms with Crippen molar-refractivity contribution < 1.29 is 4.79 Å². The average Bonchev–Trinajstić information content (AvgIpc) is 2.33. The minimum Gasteiger partial charge on any atom is -0.352 e. The monoisotopic (exact) mass is 271 g/mol. The second-order valence-corrected chi connectivity index (χ2v) is 6.16. The number of carbonyl (C=O) groups excluding carboxylic acids is 1. The standard InChI is InChI=1S/C15H33N3O/c1-6-18(7-2)12-13(3)17-14(19)8-9-15(4,5)10-11-16/h13H,6-12,16H2,1-5H3,(H,17,19). The highest BCUT2D eigenvalue weighted by Gasteiger charge is 2.19. The molecule has 0 aromatic carbocycles.